The van der Waals surface area contributed by atoms with Crippen LogP contribution in [0.15, 0.2) is 11.6 Å². The maximum Gasteiger partial charge on any atom is 0.225 e. The van der Waals surface area contributed by atoms with Crippen molar-refractivity contribution in [3.63, 3.8) is 0 Å². The lowest BCUT2D eigenvalue weighted by Gasteiger charge is -1.87. The van der Waals surface area contributed by atoms with Crippen molar-refractivity contribution in [3.05, 3.63) is 11.6 Å². The average Bonchev–Trinajstić information content (AvgIpc) is 2.64. The van der Waals surface area contributed by atoms with Crippen molar-refractivity contribution in [2.45, 2.75) is 34.6 Å². The van der Waals surface area contributed by atoms with E-state index in [0.717, 1.165) is 0 Å². The Balaban J connectivity index is 0.000000671. The zero-order valence-electron chi connectivity index (χ0n) is 9.10. The third-order valence-corrected chi connectivity index (χ3v) is 2.49. The lowest BCUT2D eigenvalue weighted by atomic mass is 10.2. The molecule has 0 aromatic rings. The third kappa shape index (κ3) is 3.51. The van der Waals surface area contributed by atoms with Crippen LogP contribution in [0.1, 0.15) is 34.6 Å². The standard InChI is InChI=1S/C9H13ClO.C2H6/c1-5(2)4-7-6(3)8(7)9(10)11;1-2/h4,6-8H,1-3H3;1-2H3. The van der Waals surface area contributed by atoms with Gasteiger partial charge in [0.2, 0.25) is 5.24 Å². The fourth-order valence-electron chi connectivity index (χ4n) is 1.49. The van der Waals surface area contributed by atoms with Crippen LogP contribution in [-0.4, -0.2) is 5.24 Å². The molecule has 1 aliphatic rings. The summed E-state index contributed by atoms with van der Waals surface area (Å²) in [6.45, 7) is 10.1. The molecule has 0 aromatic heterocycles. The monoisotopic (exact) mass is 202 g/mol. The van der Waals surface area contributed by atoms with Crippen LogP contribution >= 0.6 is 11.6 Å². The quantitative estimate of drug-likeness (QED) is 0.494. The van der Waals surface area contributed by atoms with Crippen LogP contribution in [0.5, 0.6) is 0 Å². The molecular formula is C11H19ClO. The summed E-state index contributed by atoms with van der Waals surface area (Å²) in [6, 6.07) is 0. The molecule has 0 radical (unpaired) electrons. The van der Waals surface area contributed by atoms with Crippen molar-refractivity contribution in [1.82, 2.24) is 0 Å². The van der Waals surface area contributed by atoms with Crippen LogP contribution < -0.4 is 0 Å². The smallest absolute Gasteiger partial charge is 0.225 e. The molecule has 1 aliphatic carbocycles. The fraction of sp³-hybridized carbons (Fsp3) is 0.727. The summed E-state index contributed by atoms with van der Waals surface area (Å²) >= 11 is 5.38. The van der Waals surface area contributed by atoms with Crippen molar-refractivity contribution in [2.24, 2.45) is 17.8 Å². The zero-order valence-corrected chi connectivity index (χ0v) is 9.85. The van der Waals surface area contributed by atoms with Gasteiger partial charge in [-0.3, -0.25) is 4.79 Å². The molecule has 0 N–H and O–H groups in total. The lowest BCUT2D eigenvalue weighted by molar-refractivity contribution is -0.113. The molecule has 0 aliphatic heterocycles. The molecule has 0 amide bonds. The molecule has 13 heavy (non-hydrogen) atoms. The van der Waals surface area contributed by atoms with Crippen molar-refractivity contribution < 1.29 is 4.79 Å². The van der Waals surface area contributed by atoms with E-state index in [9.17, 15) is 4.79 Å². The van der Waals surface area contributed by atoms with Gasteiger partial charge in [0.15, 0.2) is 0 Å². The molecule has 3 unspecified atom stereocenters. The van der Waals surface area contributed by atoms with E-state index < -0.39 is 0 Å². The minimum Gasteiger partial charge on any atom is -0.281 e. The number of halogens is 1. The first-order chi connectivity index (χ1) is 6.04. The molecule has 0 bridgehead atoms. The highest BCUT2D eigenvalue weighted by Crippen LogP contribution is 2.48. The highest BCUT2D eigenvalue weighted by atomic mass is 35.5. The zero-order chi connectivity index (χ0) is 10.6. The van der Waals surface area contributed by atoms with Gasteiger partial charge in [0.05, 0.1) is 0 Å². The van der Waals surface area contributed by atoms with E-state index >= 15 is 0 Å². The topological polar surface area (TPSA) is 17.1 Å². The summed E-state index contributed by atoms with van der Waals surface area (Å²) in [5.74, 6) is 0.950. The van der Waals surface area contributed by atoms with Gasteiger partial charge in [-0.1, -0.05) is 32.4 Å². The molecule has 0 aromatic carbocycles. The summed E-state index contributed by atoms with van der Waals surface area (Å²) in [6.07, 6.45) is 2.13. The van der Waals surface area contributed by atoms with Crippen LogP contribution in [-0.2, 0) is 4.79 Å². The molecule has 2 heteroatoms. The molecule has 0 heterocycles. The van der Waals surface area contributed by atoms with Crippen LogP contribution in [0.25, 0.3) is 0 Å². The van der Waals surface area contributed by atoms with E-state index in [-0.39, 0.29) is 11.2 Å². The Kier molecular flexibility index (Phi) is 5.31. The largest absolute Gasteiger partial charge is 0.281 e. The van der Waals surface area contributed by atoms with Gasteiger partial charge in [0.1, 0.15) is 0 Å². The molecular weight excluding hydrogens is 184 g/mol. The summed E-state index contributed by atoms with van der Waals surface area (Å²) in [5, 5.41) is -0.181. The Hall–Kier alpha value is -0.300. The van der Waals surface area contributed by atoms with Gasteiger partial charge in [-0.25, -0.2) is 0 Å². The summed E-state index contributed by atoms with van der Waals surface area (Å²) in [7, 11) is 0. The molecule has 1 nitrogen and oxygen atoms in total. The van der Waals surface area contributed by atoms with E-state index in [1.54, 1.807) is 0 Å². The fourth-order valence-corrected chi connectivity index (χ4v) is 1.84. The van der Waals surface area contributed by atoms with Crippen LogP contribution in [0.4, 0.5) is 0 Å². The molecule has 1 saturated carbocycles. The summed E-state index contributed by atoms with van der Waals surface area (Å²) in [5.41, 5.74) is 1.27. The molecule has 1 fully saturated rings. The average molecular weight is 203 g/mol. The number of hydrogen-bond donors (Lipinski definition) is 0. The maximum absolute atomic E-state index is 10.7. The first kappa shape index (κ1) is 12.7. The normalized spacial score (nSPS) is 29.8. The van der Waals surface area contributed by atoms with Gasteiger partial charge in [0, 0.05) is 5.92 Å². The third-order valence-electron chi connectivity index (χ3n) is 2.24. The highest BCUT2D eigenvalue weighted by molar-refractivity contribution is 6.64. The number of hydrogen-bond acceptors (Lipinski definition) is 1. The lowest BCUT2D eigenvalue weighted by Crippen LogP contribution is -1.90. The number of carbonyl (C=O) groups is 1. The number of rotatable bonds is 2. The Bertz CT molecular complexity index is 204. The van der Waals surface area contributed by atoms with E-state index in [0.29, 0.717) is 11.8 Å². The van der Waals surface area contributed by atoms with E-state index in [2.05, 4.69) is 13.0 Å². The van der Waals surface area contributed by atoms with E-state index in [4.69, 9.17) is 11.6 Å². The van der Waals surface area contributed by atoms with Gasteiger partial charge < -0.3 is 0 Å². The number of allylic oxidation sites excluding steroid dienone is 2. The Morgan fingerprint density at radius 1 is 1.31 bits per heavy atom. The molecule has 0 spiro atoms. The van der Waals surface area contributed by atoms with Crippen LogP contribution in [0, 0.1) is 17.8 Å². The Morgan fingerprint density at radius 3 is 2.00 bits per heavy atom. The predicted molar refractivity (Wildman–Crippen MR) is 57.8 cm³/mol. The van der Waals surface area contributed by atoms with Gasteiger partial charge in [-0.05, 0) is 37.3 Å². The van der Waals surface area contributed by atoms with Crippen LogP contribution in [0.3, 0.4) is 0 Å². The van der Waals surface area contributed by atoms with E-state index in [1.807, 2.05) is 27.7 Å². The van der Waals surface area contributed by atoms with Crippen molar-refractivity contribution in [3.8, 4) is 0 Å². The molecule has 3 atom stereocenters. The second-order valence-corrected chi connectivity index (χ2v) is 3.88. The Morgan fingerprint density at radius 2 is 1.77 bits per heavy atom. The van der Waals surface area contributed by atoms with Crippen molar-refractivity contribution in [1.29, 1.82) is 0 Å². The molecule has 0 saturated heterocycles. The van der Waals surface area contributed by atoms with Gasteiger partial charge in [0.25, 0.3) is 0 Å². The van der Waals surface area contributed by atoms with Gasteiger partial charge in [-0.2, -0.15) is 0 Å². The highest BCUT2D eigenvalue weighted by Gasteiger charge is 2.49. The maximum atomic E-state index is 10.7. The first-order valence-corrected chi connectivity index (χ1v) is 5.26. The molecule has 76 valence electrons. The van der Waals surface area contributed by atoms with E-state index in [1.165, 1.54) is 5.57 Å². The minimum atomic E-state index is -0.181. The van der Waals surface area contributed by atoms with Gasteiger partial charge in [-0.15, -0.1) is 0 Å². The second kappa shape index (κ2) is 5.43. The second-order valence-electron chi connectivity index (χ2n) is 3.51. The molecule has 1 rings (SSSR count). The van der Waals surface area contributed by atoms with Crippen molar-refractivity contribution in [2.75, 3.05) is 0 Å². The predicted octanol–water partition coefficient (Wildman–Crippen LogP) is 3.63. The summed E-state index contributed by atoms with van der Waals surface area (Å²) < 4.78 is 0. The van der Waals surface area contributed by atoms with Crippen LogP contribution in [0.2, 0.25) is 0 Å². The summed E-state index contributed by atoms with van der Waals surface area (Å²) in [4.78, 5) is 10.7. The first-order valence-electron chi connectivity index (χ1n) is 4.88. The van der Waals surface area contributed by atoms with Crippen molar-refractivity contribution >= 4 is 16.8 Å². The Labute approximate surface area is 86.2 Å². The van der Waals surface area contributed by atoms with Gasteiger partial charge >= 0.3 is 0 Å². The number of carbonyl (C=O) groups excluding carboxylic acids is 1. The SMILES string of the molecule is CC.CC(C)=CC1C(C)C1C(=O)Cl. The minimum absolute atomic E-state index is 0.0894.